The van der Waals surface area contributed by atoms with Gasteiger partial charge in [0.2, 0.25) is 0 Å². The SMILES string of the molecule is COc1ccc(C2CCSCC2)cc1CC1CCCCN1. The molecule has 0 saturated carbocycles. The van der Waals surface area contributed by atoms with Crippen molar-refractivity contribution in [3.63, 3.8) is 0 Å². The van der Waals surface area contributed by atoms with Gasteiger partial charge in [0.05, 0.1) is 7.11 Å². The molecule has 1 atom stereocenters. The number of hydrogen-bond acceptors (Lipinski definition) is 3. The molecule has 0 aromatic heterocycles. The lowest BCUT2D eigenvalue weighted by molar-refractivity contribution is 0.381. The molecule has 1 aromatic rings. The van der Waals surface area contributed by atoms with Crippen LogP contribution in [0.15, 0.2) is 18.2 Å². The molecule has 0 spiro atoms. The summed E-state index contributed by atoms with van der Waals surface area (Å²) in [6, 6.07) is 7.53. The molecule has 0 radical (unpaired) electrons. The average Bonchev–Trinajstić information content (AvgIpc) is 2.56. The zero-order valence-electron chi connectivity index (χ0n) is 13.1. The van der Waals surface area contributed by atoms with Gasteiger partial charge < -0.3 is 10.1 Å². The van der Waals surface area contributed by atoms with Gasteiger partial charge in [-0.15, -0.1) is 0 Å². The zero-order valence-corrected chi connectivity index (χ0v) is 13.9. The van der Waals surface area contributed by atoms with Crippen molar-refractivity contribution in [3.05, 3.63) is 29.3 Å². The molecule has 21 heavy (non-hydrogen) atoms. The zero-order chi connectivity index (χ0) is 14.5. The van der Waals surface area contributed by atoms with Gasteiger partial charge in [-0.3, -0.25) is 0 Å². The highest BCUT2D eigenvalue weighted by atomic mass is 32.2. The lowest BCUT2D eigenvalue weighted by atomic mass is 9.90. The Morgan fingerprint density at radius 2 is 2.05 bits per heavy atom. The first-order valence-electron chi connectivity index (χ1n) is 8.35. The van der Waals surface area contributed by atoms with E-state index in [0.717, 1.165) is 18.1 Å². The van der Waals surface area contributed by atoms with Gasteiger partial charge in [0.25, 0.3) is 0 Å². The van der Waals surface area contributed by atoms with Gasteiger partial charge >= 0.3 is 0 Å². The van der Waals surface area contributed by atoms with Crippen LogP contribution in [-0.2, 0) is 6.42 Å². The van der Waals surface area contributed by atoms with Crippen LogP contribution in [0.2, 0.25) is 0 Å². The third kappa shape index (κ3) is 3.95. The Morgan fingerprint density at radius 3 is 2.76 bits per heavy atom. The number of benzene rings is 1. The molecule has 2 aliphatic heterocycles. The van der Waals surface area contributed by atoms with Crippen molar-refractivity contribution in [1.82, 2.24) is 5.32 Å². The van der Waals surface area contributed by atoms with Crippen molar-refractivity contribution in [2.45, 2.75) is 50.5 Å². The van der Waals surface area contributed by atoms with Crippen LogP contribution >= 0.6 is 11.8 Å². The molecule has 2 saturated heterocycles. The number of rotatable bonds is 4. The molecule has 0 amide bonds. The van der Waals surface area contributed by atoms with Gasteiger partial charge in [-0.2, -0.15) is 11.8 Å². The number of methoxy groups -OCH3 is 1. The van der Waals surface area contributed by atoms with Crippen LogP contribution in [-0.4, -0.2) is 31.2 Å². The minimum absolute atomic E-state index is 0.629. The van der Waals surface area contributed by atoms with E-state index in [1.165, 1.54) is 61.3 Å². The molecule has 0 bridgehead atoms. The molecular formula is C18H27NOS. The van der Waals surface area contributed by atoms with Gasteiger partial charge in [-0.25, -0.2) is 0 Å². The van der Waals surface area contributed by atoms with Crippen LogP contribution in [0.3, 0.4) is 0 Å². The maximum Gasteiger partial charge on any atom is 0.122 e. The second-order valence-corrected chi connectivity index (χ2v) is 7.53. The number of ether oxygens (including phenoxy) is 1. The number of nitrogens with one attached hydrogen (secondary N) is 1. The fourth-order valence-electron chi connectivity index (χ4n) is 3.61. The van der Waals surface area contributed by atoms with Crippen LogP contribution in [0.25, 0.3) is 0 Å². The lowest BCUT2D eigenvalue weighted by Crippen LogP contribution is -2.35. The molecule has 0 aliphatic carbocycles. The number of hydrogen-bond donors (Lipinski definition) is 1. The van der Waals surface area contributed by atoms with E-state index < -0.39 is 0 Å². The second-order valence-electron chi connectivity index (χ2n) is 6.31. The van der Waals surface area contributed by atoms with Crippen LogP contribution in [0.4, 0.5) is 0 Å². The lowest BCUT2D eigenvalue weighted by Gasteiger charge is -2.26. The van der Waals surface area contributed by atoms with E-state index in [4.69, 9.17) is 4.74 Å². The monoisotopic (exact) mass is 305 g/mol. The first-order chi connectivity index (χ1) is 10.4. The Bertz CT molecular complexity index is 451. The summed E-state index contributed by atoms with van der Waals surface area (Å²) >= 11 is 2.10. The predicted molar refractivity (Wildman–Crippen MR) is 91.6 cm³/mol. The molecule has 2 fully saturated rings. The molecule has 2 heterocycles. The topological polar surface area (TPSA) is 21.3 Å². The highest BCUT2D eigenvalue weighted by Gasteiger charge is 2.19. The Morgan fingerprint density at radius 1 is 1.19 bits per heavy atom. The first-order valence-corrected chi connectivity index (χ1v) is 9.50. The van der Waals surface area contributed by atoms with E-state index in [-0.39, 0.29) is 0 Å². The summed E-state index contributed by atoms with van der Waals surface area (Å²) < 4.78 is 5.60. The van der Waals surface area contributed by atoms with E-state index in [9.17, 15) is 0 Å². The maximum atomic E-state index is 5.60. The van der Waals surface area contributed by atoms with Crippen LogP contribution in [0, 0.1) is 0 Å². The first kappa shape index (κ1) is 15.2. The molecule has 3 rings (SSSR count). The molecule has 2 nitrogen and oxygen atoms in total. The number of piperidine rings is 1. The Balaban J connectivity index is 1.75. The second kappa shape index (κ2) is 7.55. The molecule has 3 heteroatoms. The summed E-state index contributed by atoms with van der Waals surface area (Å²) in [6.45, 7) is 1.17. The third-order valence-electron chi connectivity index (χ3n) is 4.88. The Labute approximate surface area is 133 Å². The quantitative estimate of drug-likeness (QED) is 0.909. The molecule has 116 valence electrons. The molecule has 1 N–H and O–H groups in total. The fraction of sp³-hybridized carbons (Fsp3) is 0.667. The van der Waals surface area contributed by atoms with Gasteiger partial charge in [0.15, 0.2) is 0 Å². The predicted octanol–water partition coefficient (Wildman–Crippen LogP) is 3.99. The van der Waals surface area contributed by atoms with Crippen molar-refractivity contribution in [2.24, 2.45) is 0 Å². The van der Waals surface area contributed by atoms with E-state index in [2.05, 4.69) is 35.3 Å². The van der Waals surface area contributed by atoms with Crippen molar-refractivity contribution >= 4 is 11.8 Å². The maximum absolute atomic E-state index is 5.60. The molecular weight excluding hydrogens is 278 g/mol. The largest absolute Gasteiger partial charge is 0.496 e. The van der Waals surface area contributed by atoms with Gasteiger partial charge in [0, 0.05) is 6.04 Å². The summed E-state index contributed by atoms with van der Waals surface area (Å²) in [5.41, 5.74) is 2.93. The molecule has 1 unspecified atom stereocenters. The van der Waals surface area contributed by atoms with Crippen molar-refractivity contribution in [3.8, 4) is 5.75 Å². The third-order valence-corrected chi connectivity index (χ3v) is 5.92. The summed E-state index contributed by atoms with van der Waals surface area (Å²) in [5.74, 6) is 4.46. The van der Waals surface area contributed by atoms with Gasteiger partial charge in [0.1, 0.15) is 5.75 Å². The van der Waals surface area contributed by atoms with Crippen molar-refractivity contribution in [1.29, 1.82) is 0 Å². The van der Waals surface area contributed by atoms with Crippen LogP contribution in [0.5, 0.6) is 5.75 Å². The van der Waals surface area contributed by atoms with E-state index in [1.54, 1.807) is 7.11 Å². The van der Waals surface area contributed by atoms with E-state index in [0.29, 0.717) is 6.04 Å². The summed E-state index contributed by atoms with van der Waals surface area (Å²) in [4.78, 5) is 0. The van der Waals surface area contributed by atoms with Crippen LogP contribution < -0.4 is 10.1 Å². The van der Waals surface area contributed by atoms with Crippen molar-refractivity contribution in [2.75, 3.05) is 25.2 Å². The summed E-state index contributed by atoms with van der Waals surface area (Å²) in [5, 5.41) is 3.66. The minimum Gasteiger partial charge on any atom is -0.496 e. The van der Waals surface area contributed by atoms with Crippen LogP contribution in [0.1, 0.15) is 49.1 Å². The normalized spacial score (nSPS) is 24.0. The fourth-order valence-corrected chi connectivity index (χ4v) is 4.71. The smallest absolute Gasteiger partial charge is 0.122 e. The molecule has 2 aliphatic rings. The van der Waals surface area contributed by atoms with Gasteiger partial charge in [-0.05, 0) is 73.3 Å². The highest BCUT2D eigenvalue weighted by Crippen LogP contribution is 2.34. The summed E-state index contributed by atoms with van der Waals surface area (Å²) in [7, 11) is 1.80. The van der Waals surface area contributed by atoms with Gasteiger partial charge in [-0.1, -0.05) is 18.6 Å². The standard InChI is InChI=1S/C18H27NOS/c1-20-18-6-5-15(14-7-10-21-11-8-14)12-16(18)13-17-4-2-3-9-19-17/h5-6,12,14,17,19H,2-4,7-11,13H2,1H3. The van der Waals surface area contributed by atoms with E-state index >= 15 is 0 Å². The van der Waals surface area contributed by atoms with Crippen molar-refractivity contribution < 1.29 is 4.74 Å². The number of thioether (sulfide) groups is 1. The average molecular weight is 305 g/mol. The Kier molecular flexibility index (Phi) is 5.48. The summed E-state index contributed by atoms with van der Waals surface area (Å²) in [6.07, 6.45) is 7.76. The Hall–Kier alpha value is -0.670. The minimum atomic E-state index is 0.629. The highest BCUT2D eigenvalue weighted by molar-refractivity contribution is 7.99. The van der Waals surface area contributed by atoms with E-state index in [1.807, 2.05) is 0 Å². The molecule has 1 aromatic carbocycles.